The Morgan fingerprint density at radius 3 is 2.68 bits per heavy atom. The zero-order chi connectivity index (χ0) is 16.3. The molecule has 2 heterocycles. The van der Waals surface area contributed by atoms with Gasteiger partial charge in [0.1, 0.15) is 17.1 Å². The quantitative estimate of drug-likeness (QED) is 0.929. The Balaban J connectivity index is 2.67. The number of alkyl halides is 3. The van der Waals surface area contributed by atoms with Crippen molar-refractivity contribution < 1.29 is 22.7 Å². The van der Waals surface area contributed by atoms with Gasteiger partial charge in [-0.1, -0.05) is 0 Å². The molecule has 0 atom stereocenters. The van der Waals surface area contributed by atoms with Crippen molar-refractivity contribution in [2.75, 3.05) is 7.11 Å². The molecule has 2 aromatic heterocycles. The predicted octanol–water partition coefficient (Wildman–Crippen LogP) is 1.80. The van der Waals surface area contributed by atoms with Crippen LogP contribution in [-0.4, -0.2) is 28.0 Å². The van der Waals surface area contributed by atoms with Crippen molar-refractivity contribution in [1.82, 2.24) is 15.0 Å². The molecule has 0 spiro atoms. The molecule has 0 unspecified atom stereocenters. The maximum atomic E-state index is 13.3. The Morgan fingerprint density at radius 2 is 2.09 bits per heavy atom. The first-order chi connectivity index (χ1) is 10.3. The van der Waals surface area contributed by atoms with Gasteiger partial charge in [-0.3, -0.25) is 14.8 Å². The number of rotatable bonds is 4. The van der Waals surface area contributed by atoms with Crippen molar-refractivity contribution in [3.8, 4) is 11.4 Å². The molecule has 0 aliphatic carbocycles. The minimum atomic E-state index is -4.66. The van der Waals surface area contributed by atoms with Gasteiger partial charge in [0.25, 0.3) is 5.91 Å². The molecule has 0 saturated carbocycles. The van der Waals surface area contributed by atoms with Crippen LogP contribution in [0.2, 0.25) is 0 Å². The highest BCUT2D eigenvalue weighted by atomic mass is 19.4. The third-order valence-electron chi connectivity index (χ3n) is 2.75. The lowest BCUT2D eigenvalue weighted by Gasteiger charge is -2.15. The van der Waals surface area contributed by atoms with Crippen molar-refractivity contribution in [3.63, 3.8) is 0 Å². The molecule has 2 N–H and O–H groups in total. The number of carbonyl (C=O) groups excluding carboxylic acids is 1. The maximum absolute atomic E-state index is 13.3. The largest absolute Gasteiger partial charge is 0.418 e. The molecule has 22 heavy (non-hydrogen) atoms. The number of ether oxygens (including phenoxy) is 1. The number of nitrogens with two attached hydrogens (primary N) is 1. The number of aromatic nitrogens is 3. The van der Waals surface area contributed by atoms with Crippen molar-refractivity contribution in [2.45, 2.75) is 12.8 Å². The summed E-state index contributed by atoms with van der Waals surface area (Å²) in [4.78, 5) is 22.3. The lowest BCUT2D eigenvalue weighted by atomic mass is 10.0. The van der Waals surface area contributed by atoms with Crippen LogP contribution in [0.25, 0.3) is 11.4 Å². The van der Waals surface area contributed by atoms with Gasteiger partial charge in [0.2, 0.25) is 0 Å². The number of methoxy groups -OCH3 is 1. The van der Waals surface area contributed by atoms with E-state index in [0.29, 0.717) is 0 Å². The number of pyridine rings is 1. The normalized spacial score (nSPS) is 11.5. The van der Waals surface area contributed by atoms with E-state index in [9.17, 15) is 18.0 Å². The summed E-state index contributed by atoms with van der Waals surface area (Å²) in [5.74, 6) is -0.893. The summed E-state index contributed by atoms with van der Waals surface area (Å²) >= 11 is 0. The summed E-state index contributed by atoms with van der Waals surface area (Å²) in [6.07, 6.45) is -1.31. The molecule has 0 bridgehead atoms. The van der Waals surface area contributed by atoms with Crippen LogP contribution in [0, 0.1) is 0 Å². The van der Waals surface area contributed by atoms with E-state index in [0.717, 1.165) is 12.4 Å². The van der Waals surface area contributed by atoms with Crippen LogP contribution in [0.1, 0.15) is 21.6 Å². The molecule has 2 rings (SSSR count). The van der Waals surface area contributed by atoms with Crippen molar-refractivity contribution in [1.29, 1.82) is 0 Å². The molecule has 2 aromatic rings. The van der Waals surface area contributed by atoms with Gasteiger partial charge in [-0.05, 0) is 11.6 Å². The minimum Gasteiger partial charge on any atom is -0.380 e. The summed E-state index contributed by atoms with van der Waals surface area (Å²) in [7, 11) is 1.29. The number of primary amides is 1. The molecule has 9 heteroatoms. The first-order valence-electron chi connectivity index (χ1n) is 6.00. The summed E-state index contributed by atoms with van der Waals surface area (Å²) in [5.41, 5.74) is 3.12. The highest BCUT2D eigenvalue weighted by Crippen LogP contribution is 2.37. The van der Waals surface area contributed by atoms with Crippen LogP contribution >= 0.6 is 0 Å². The molecule has 0 radical (unpaired) electrons. The van der Waals surface area contributed by atoms with E-state index in [1.54, 1.807) is 0 Å². The molecule has 1 amide bonds. The molecule has 0 aliphatic rings. The van der Waals surface area contributed by atoms with Crippen molar-refractivity contribution >= 4 is 5.91 Å². The first kappa shape index (κ1) is 15.8. The van der Waals surface area contributed by atoms with E-state index >= 15 is 0 Å². The standard InChI is InChI=1S/C13H11F3N4O2/c1-22-6-7-2-3-19-11(10(7)13(14,15)16)8-4-18-5-9(20-8)12(17)21/h2-5H,6H2,1H3,(H2,17,21). The fraction of sp³-hybridized carbons (Fsp3) is 0.231. The van der Waals surface area contributed by atoms with Crippen LogP contribution in [0.3, 0.4) is 0 Å². The van der Waals surface area contributed by atoms with E-state index in [4.69, 9.17) is 10.5 Å². The Hall–Kier alpha value is -2.55. The Morgan fingerprint density at radius 1 is 1.36 bits per heavy atom. The number of amides is 1. The van der Waals surface area contributed by atoms with E-state index in [2.05, 4.69) is 15.0 Å². The van der Waals surface area contributed by atoms with Gasteiger partial charge in [-0.2, -0.15) is 13.2 Å². The highest BCUT2D eigenvalue weighted by molar-refractivity contribution is 5.90. The monoisotopic (exact) mass is 312 g/mol. The molecule has 0 saturated heterocycles. The fourth-order valence-electron chi connectivity index (χ4n) is 1.89. The summed E-state index contributed by atoms with van der Waals surface area (Å²) < 4.78 is 44.8. The van der Waals surface area contributed by atoms with Gasteiger partial charge in [0.05, 0.1) is 24.6 Å². The summed E-state index contributed by atoms with van der Waals surface area (Å²) in [5, 5.41) is 0. The Labute approximate surface area is 123 Å². The van der Waals surface area contributed by atoms with Crippen molar-refractivity contribution in [3.05, 3.63) is 41.5 Å². The lowest BCUT2D eigenvalue weighted by molar-refractivity contribution is -0.138. The zero-order valence-electron chi connectivity index (χ0n) is 11.4. The molecule has 0 aromatic carbocycles. The second kappa shape index (κ2) is 6.06. The maximum Gasteiger partial charge on any atom is 0.418 e. The number of hydrogen-bond donors (Lipinski definition) is 1. The number of carbonyl (C=O) groups is 1. The van der Waals surface area contributed by atoms with E-state index in [1.807, 2.05) is 0 Å². The fourth-order valence-corrected chi connectivity index (χ4v) is 1.89. The van der Waals surface area contributed by atoms with Gasteiger partial charge < -0.3 is 10.5 Å². The topological polar surface area (TPSA) is 91.0 Å². The van der Waals surface area contributed by atoms with E-state index < -0.39 is 23.3 Å². The Bertz CT molecular complexity index is 704. The van der Waals surface area contributed by atoms with Gasteiger partial charge in [-0.25, -0.2) is 4.98 Å². The third-order valence-corrected chi connectivity index (χ3v) is 2.75. The third kappa shape index (κ3) is 3.19. The highest BCUT2D eigenvalue weighted by Gasteiger charge is 2.37. The van der Waals surface area contributed by atoms with E-state index in [-0.39, 0.29) is 23.6 Å². The van der Waals surface area contributed by atoms with Gasteiger partial charge in [0.15, 0.2) is 0 Å². The van der Waals surface area contributed by atoms with Gasteiger partial charge in [-0.15, -0.1) is 0 Å². The van der Waals surface area contributed by atoms with Crippen LogP contribution in [-0.2, 0) is 17.5 Å². The van der Waals surface area contributed by atoms with Crippen LogP contribution in [0.15, 0.2) is 24.7 Å². The van der Waals surface area contributed by atoms with Crippen LogP contribution in [0.5, 0.6) is 0 Å². The average molecular weight is 312 g/mol. The van der Waals surface area contributed by atoms with Crippen molar-refractivity contribution in [2.24, 2.45) is 5.73 Å². The van der Waals surface area contributed by atoms with Gasteiger partial charge in [0, 0.05) is 13.3 Å². The number of halogens is 3. The molecule has 0 aliphatic heterocycles. The second-order valence-electron chi connectivity index (χ2n) is 4.28. The molecular weight excluding hydrogens is 301 g/mol. The van der Waals surface area contributed by atoms with Gasteiger partial charge >= 0.3 is 6.18 Å². The van der Waals surface area contributed by atoms with Crippen LogP contribution in [0.4, 0.5) is 13.2 Å². The number of nitrogens with zero attached hydrogens (tertiary/aromatic N) is 3. The molecule has 6 nitrogen and oxygen atoms in total. The molecule has 0 fully saturated rings. The SMILES string of the molecule is COCc1ccnc(-c2cncc(C(N)=O)n2)c1C(F)(F)F. The number of hydrogen-bond acceptors (Lipinski definition) is 5. The van der Waals surface area contributed by atoms with E-state index in [1.165, 1.54) is 19.4 Å². The molecular formula is C13H11F3N4O2. The predicted molar refractivity (Wildman–Crippen MR) is 69.5 cm³/mol. The Kier molecular flexibility index (Phi) is 4.36. The molecule has 116 valence electrons. The first-order valence-corrected chi connectivity index (χ1v) is 6.00. The zero-order valence-corrected chi connectivity index (χ0v) is 11.4. The second-order valence-corrected chi connectivity index (χ2v) is 4.28. The van der Waals surface area contributed by atoms with Crippen LogP contribution < -0.4 is 5.73 Å². The summed E-state index contributed by atoms with van der Waals surface area (Å²) in [6, 6.07) is 1.21. The minimum absolute atomic E-state index is 0.0914. The lowest BCUT2D eigenvalue weighted by Crippen LogP contribution is -2.16. The summed E-state index contributed by atoms with van der Waals surface area (Å²) in [6.45, 7) is -0.243. The smallest absolute Gasteiger partial charge is 0.380 e. The average Bonchev–Trinajstić information content (AvgIpc) is 2.46.